The van der Waals surface area contributed by atoms with Gasteiger partial charge in [0.1, 0.15) is 18.1 Å². The minimum absolute atomic E-state index is 0. The second-order valence-corrected chi connectivity index (χ2v) is 6.07. The lowest BCUT2D eigenvalue weighted by molar-refractivity contribution is 0.304. The maximum Gasteiger partial charge on any atom is 0.124 e. The highest BCUT2D eigenvalue weighted by Gasteiger charge is 2.12. The van der Waals surface area contributed by atoms with E-state index >= 15 is 0 Å². The van der Waals surface area contributed by atoms with Gasteiger partial charge in [0.05, 0.1) is 0 Å². The van der Waals surface area contributed by atoms with Crippen molar-refractivity contribution in [2.75, 3.05) is 0 Å². The Morgan fingerprint density at radius 3 is 2.35 bits per heavy atom. The first kappa shape index (κ1) is 19.3. The van der Waals surface area contributed by atoms with Gasteiger partial charge in [0.25, 0.3) is 0 Å². The van der Waals surface area contributed by atoms with Gasteiger partial charge >= 0.3 is 0 Å². The Hall–Kier alpha value is -1.71. The van der Waals surface area contributed by atoms with E-state index in [1.807, 2.05) is 42.5 Å². The lowest BCUT2D eigenvalue weighted by Gasteiger charge is -2.16. The predicted molar refractivity (Wildman–Crippen MR) is 97.1 cm³/mol. The number of hydrogen-bond donors (Lipinski definition) is 2. The average molecular weight is 336 g/mol. The van der Waals surface area contributed by atoms with Crippen LogP contribution in [0.3, 0.4) is 0 Å². The second-order valence-electron chi connectivity index (χ2n) is 6.07. The summed E-state index contributed by atoms with van der Waals surface area (Å²) in [4.78, 5) is 0. The van der Waals surface area contributed by atoms with Crippen molar-refractivity contribution in [1.29, 1.82) is 0 Å². The standard InChI is InChI=1S/C19H25NO2.ClH/c1-14(2)8-11-18(20)17-10-9-16(12-19(17)21)22-13-15-6-4-3-5-7-15;/h3-7,9-10,12,14,18,21H,8,11,13,20H2,1-2H3;1H/t18-;/m1./s1. The quantitative estimate of drug-likeness (QED) is 0.762. The maximum atomic E-state index is 10.2. The van der Waals surface area contributed by atoms with Crippen LogP contribution in [0.4, 0.5) is 0 Å². The lowest BCUT2D eigenvalue weighted by atomic mass is 9.97. The van der Waals surface area contributed by atoms with Gasteiger partial charge in [-0.2, -0.15) is 0 Å². The lowest BCUT2D eigenvalue weighted by Crippen LogP contribution is -2.11. The molecule has 3 nitrogen and oxygen atoms in total. The van der Waals surface area contributed by atoms with Crippen LogP contribution < -0.4 is 10.5 Å². The Bertz CT molecular complexity index is 587. The molecule has 0 spiro atoms. The van der Waals surface area contributed by atoms with Crippen molar-refractivity contribution in [3.8, 4) is 11.5 Å². The van der Waals surface area contributed by atoms with Crippen molar-refractivity contribution in [2.45, 2.75) is 39.3 Å². The summed E-state index contributed by atoms with van der Waals surface area (Å²) >= 11 is 0. The zero-order chi connectivity index (χ0) is 15.9. The van der Waals surface area contributed by atoms with Crippen molar-refractivity contribution < 1.29 is 9.84 Å². The van der Waals surface area contributed by atoms with Crippen LogP contribution in [-0.4, -0.2) is 5.11 Å². The van der Waals surface area contributed by atoms with E-state index in [9.17, 15) is 5.11 Å². The third-order valence-corrected chi connectivity index (χ3v) is 3.70. The van der Waals surface area contributed by atoms with Gasteiger partial charge in [0.2, 0.25) is 0 Å². The van der Waals surface area contributed by atoms with E-state index in [0.29, 0.717) is 18.3 Å². The first-order valence-electron chi connectivity index (χ1n) is 7.81. The van der Waals surface area contributed by atoms with Crippen LogP contribution in [-0.2, 0) is 6.61 Å². The number of halogens is 1. The Kier molecular flexibility index (Phi) is 7.93. The molecule has 3 N–H and O–H groups in total. The summed E-state index contributed by atoms with van der Waals surface area (Å²) in [6, 6.07) is 15.2. The molecule has 0 bridgehead atoms. The summed E-state index contributed by atoms with van der Waals surface area (Å²) < 4.78 is 5.71. The largest absolute Gasteiger partial charge is 0.507 e. The number of hydrogen-bond acceptors (Lipinski definition) is 3. The molecule has 0 aliphatic rings. The van der Waals surface area contributed by atoms with Crippen LogP contribution in [0.25, 0.3) is 0 Å². The average Bonchev–Trinajstić information content (AvgIpc) is 2.51. The highest BCUT2D eigenvalue weighted by molar-refractivity contribution is 5.85. The van der Waals surface area contributed by atoms with Gasteiger partial charge in [-0.05, 0) is 30.4 Å². The molecular weight excluding hydrogens is 310 g/mol. The molecule has 2 rings (SSSR count). The molecule has 126 valence electrons. The van der Waals surface area contributed by atoms with Crippen LogP contribution in [0, 0.1) is 5.92 Å². The molecule has 0 heterocycles. The molecule has 0 unspecified atom stereocenters. The third-order valence-electron chi connectivity index (χ3n) is 3.70. The summed E-state index contributed by atoms with van der Waals surface area (Å²) in [6.07, 6.45) is 1.92. The predicted octanol–water partition coefficient (Wildman–Crippen LogP) is 4.83. The number of phenolic OH excluding ortho intramolecular Hbond substituents is 1. The van der Waals surface area contributed by atoms with E-state index < -0.39 is 0 Å². The van der Waals surface area contributed by atoms with E-state index in [1.165, 1.54) is 0 Å². The SMILES string of the molecule is CC(C)CC[C@@H](N)c1ccc(OCc2ccccc2)cc1O.Cl. The van der Waals surface area contributed by atoms with Crippen LogP contribution in [0.15, 0.2) is 48.5 Å². The summed E-state index contributed by atoms with van der Waals surface area (Å²) in [5.74, 6) is 1.48. The van der Waals surface area contributed by atoms with Gasteiger partial charge in [0.15, 0.2) is 0 Å². The van der Waals surface area contributed by atoms with Crippen LogP contribution in [0.5, 0.6) is 11.5 Å². The van der Waals surface area contributed by atoms with Crippen molar-refractivity contribution in [1.82, 2.24) is 0 Å². The third kappa shape index (κ3) is 6.12. The number of phenols is 1. The molecule has 0 amide bonds. The Morgan fingerprint density at radius 2 is 1.74 bits per heavy atom. The van der Waals surface area contributed by atoms with Crippen LogP contribution in [0.2, 0.25) is 0 Å². The van der Waals surface area contributed by atoms with E-state index in [2.05, 4.69) is 13.8 Å². The Labute approximate surface area is 144 Å². The molecule has 23 heavy (non-hydrogen) atoms. The molecule has 4 heteroatoms. The molecular formula is C19H26ClNO2. The first-order valence-corrected chi connectivity index (χ1v) is 7.81. The van der Waals surface area contributed by atoms with E-state index in [0.717, 1.165) is 24.0 Å². The fourth-order valence-corrected chi connectivity index (χ4v) is 2.34. The highest BCUT2D eigenvalue weighted by atomic mass is 35.5. The number of benzene rings is 2. The normalized spacial score (nSPS) is 11.8. The Balaban J connectivity index is 0.00000264. The van der Waals surface area contributed by atoms with Crippen molar-refractivity contribution >= 4 is 12.4 Å². The monoisotopic (exact) mass is 335 g/mol. The van der Waals surface area contributed by atoms with E-state index in [-0.39, 0.29) is 24.2 Å². The van der Waals surface area contributed by atoms with Crippen LogP contribution in [0.1, 0.15) is 43.9 Å². The molecule has 1 atom stereocenters. The summed E-state index contributed by atoms with van der Waals surface area (Å²) in [5.41, 5.74) is 8.04. The summed E-state index contributed by atoms with van der Waals surface area (Å²) in [7, 11) is 0. The molecule has 0 saturated heterocycles. The first-order chi connectivity index (χ1) is 10.6. The van der Waals surface area contributed by atoms with Gasteiger partial charge in [-0.3, -0.25) is 0 Å². The van der Waals surface area contributed by atoms with Crippen molar-refractivity contribution in [3.63, 3.8) is 0 Å². The van der Waals surface area contributed by atoms with Crippen molar-refractivity contribution in [2.24, 2.45) is 11.7 Å². The Morgan fingerprint density at radius 1 is 1.04 bits per heavy atom. The second kappa shape index (κ2) is 9.43. The number of nitrogens with two attached hydrogens (primary N) is 1. The zero-order valence-corrected chi connectivity index (χ0v) is 14.6. The fraction of sp³-hybridized carbons (Fsp3) is 0.368. The molecule has 0 aliphatic carbocycles. The van der Waals surface area contributed by atoms with Gasteiger partial charge in [0, 0.05) is 17.7 Å². The molecule has 2 aromatic rings. The van der Waals surface area contributed by atoms with Crippen molar-refractivity contribution in [3.05, 3.63) is 59.7 Å². The molecule has 0 saturated carbocycles. The molecule has 0 aromatic heterocycles. The van der Waals surface area contributed by atoms with E-state index in [1.54, 1.807) is 6.07 Å². The zero-order valence-electron chi connectivity index (χ0n) is 13.7. The number of rotatable bonds is 7. The summed E-state index contributed by atoms with van der Waals surface area (Å²) in [5, 5.41) is 10.2. The summed E-state index contributed by atoms with van der Waals surface area (Å²) in [6.45, 7) is 4.83. The molecule has 0 fully saturated rings. The molecule has 0 radical (unpaired) electrons. The smallest absolute Gasteiger partial charge is 0.124 e. The van der Waals surface area contributed by atoms with Crippen LogP contribution >= 0.6 is 12.4 Å². The van der Waals surface area contributed by atoms with Gasteiger partial charge in [-0.1, -0.05) is 50.2 Å². The molecule has 0 aliphatic heterocycles. The van der Waals surface area contributed by atoms with E-state index in [4.69, 9.17) is 10.5 Å². The maximum absolute atomic E-state index is 10.2. The number of ether oxygens (including phenoxy) is 1. The topological polar surface area (TPSA) is 55.5 Å². The van der Waals surface area contributed by atoms with Gasteiger partial charge < -0.3 is 15.6 Å². The highest BCUT2D eigenvalue weighted by Crippen LogP contribution is 2.30. The fourth-order valence-electron chi connectivity index (χ4n) is 2.34. The van der Waals surface area contributed by atoms with Gasteiger partial charge in [-0.15, -0.1) is 12.4 Å². The minimum Gasteiger partial charge on any atom is -0.507 e. The van der Waals surface area contributed by atoms with Gasteiger partial charge in [-0.25, -0.2) is 0 Å². The molecule has 2 aromatic carbocycles. The number of aromatic hydroxyl groups is 1. The minimum atomic E-state index is -0.134.